The number of hydrogen-bond donors (Lipinski definition) is 3. The van der Waals surface area contributed by atoms with Gasteiger partial charge in [-0.05, 0) is 37.1 Å². The molecule has 1 aromatic rings. The molecule has 0 saturated carbocycles. The fraction of sp³-hybridized carbons (Fsp3) is 0.462. The van der Waals surface area contributed by atoms with Gasteiger partial charge in [0.1, 0.15) is 0 Å². The number of rotatable bonds is 6. The molecule has 0 aromatic heterocycles. The molecule has 0 heterocycles. The van der Waals surface area contributed by atoms with Crippen LogP contribution in [0, 0.1) is 0 Å². The summed E-state index contributed by atoms with van der Waals surface area (Å²) in [6.07, 6.45) is 2.91. The van der Waals surface area contributed by atoms with Crippen molar-refractivity contribution in [1.29, 1.82) is 0 Å². The van der Waals surface area contributed by atoms with Crippen LogP contribution in [0.15, 0.2) is 29.2 Å². The van der Waals surface area contributed by atoms with Crippen molar-refractivity contribution in [3.05, 3.63) is 24.3 Å². The monoisotopic (exact) mass is 284 g/mol. The van der Waals surface area contributed by atoms with Gasteiger partial charge in [0.15, 0.2) is 0 Å². The van der Waals surface area contributed by atoms with E-state index in [1.165, 1.54) is 0 Å². The van der Waals surface area contributed by atoms with Crippen LogP contribution in [0.1, 0.15) is 19.8 Å². The van der Waals surface area contributed by atoms with Gasteiger partial charge in [0, 0.05) is 40.3 Å². The predicted octanol–water partition coefficient (Wildman–Crippen LogP) is 1.71. The van der Waals surface area contributed by atoms with E-state index in [1.807, 2.05) is 6.92 Å². The zero-order valence-corrected chi connectivity index (χ0v) is 12.0. The lowest BCUT2D eigenvalue weighted by Crippen LogP contribution is -2.38. The minimum atomic E-state index is -1.02. The Morgan fingerprint density at radius 2 is 2.00 bits per heavy atom. The Bertz CT molecular complexity index is 434. The summed E-state index contributed by atoms with van der Waals surface area (Å²) in [7, 11) is -1.02. The molecule has 106 valence electrons. The third kappa shape index (κ3) is 5.40. The molecule has 5 nitrogen and oxygen atoms in total. The second-order valence-electron chi connectivity index (χ2n) is 4.19. The van der Waals surface area contributed by atoms with Crippen molar-refractivity contribution in [3.8, 4) is 0 Å². The molecule has 0 aliphatic rings. The third-order valence-corrected chi connectivity index (χ3v) is 3.69. The highest BCUT2D eigenvalue weighted by Crippen LogP contribution is 2.11. The first-order chi connectivity index (χ1) is 9.06. The summed E-state index contributed by atoms with van der Waals surface area (Å²) in [5.41, 5.74) is 0.644. The van der Waals surface area contributed by atoms with Crippen LogP contribution >= 0.6 is 0 Å². The molecule has 1 rings (SSSR count). The predicted molar refractivity (Wildman–Crippen MR) is 76.7 cm³/mol. The van der Waals surface area contributed by atoms with Crippen molar-refractivity contribution in [1.82, 2.24) is 5.32 Å². The number of nitrogens with one attached hydrogen (secondary N) is 2. The first-order valence-electron chi connectivity index (χ1n) is 6.18. The summed E-state index contributed by atoms with van der Waals surface area (Å²) in [5, 5.41) is 14.3. The topological polar surface area (TPSA) is 78.4 Å². The van der Waals surface area contributed by atoms with Crippen molar-refractivity contribution in [2.75, 3.05) is 18.2 Å². The maximum atomic E-state index is 11.7. The zero-order valence-electron chi connectivity index (χ0n) is 11.2. The van der Waals surface area contributed by atoms with Crippen LogP contribution in [-0.4, -0.2) is 34.3 Å². The van der Waals surface area contributed by atoms with E-state index in [-0.39, 0.29) is 18.7 Å². The van der Waals surface area contributed by atoms with Gasteiger partial charge in [-0.1, -0.05) is 6.92 Å². The van der Waals surface area contributed by atoms with Crippen molar-refractivity contribution in [2.24, 2.45) is 0 Å². The lowest BCUT2D eigenvalue weighted by Gasteiger charge is -2.16. The molecule has 0 radical (unpaired) electrons. The first-order valence-corrected chi connectivity index (χ1v) is 7.74. The number of aliphatic hydroxyl groups is 1. The van der Waals surface area contributed by atoms with Crippen molar-refractivity contribution in [2.45, 2.75) is 30.7 Å². The average Bonchev–Trinajstić information content (AvgIpc) is 2.38. The van der Waals surface area contributed by atoms with Crippen LogP contribution < -0.4 is 10.6 Å². The van der Waals surface area contributed by atoms with Crippen LogP contribution in [0.3, 0.4) is 0 Å². The Morgan fingerprint density at radius 3 is 2.47 bits per heavy atom. The van der Waals surface area contributed by atoms with E-state index in [2.05, 4.69) is 10.6 Å². The maximum absolute atomic E-state index is 11.7. The highest BCUT2D eigenvalue weighted by molar-refractivity contribution is 7.84. The minimum absolute atomic E-state index is 0.0348. The fourth-order valence-electron chi connectivity index (χ4n) is 1.62. The van der Waals surface area contributed by atoms with E-state index < -0.39 is 10.8 Å². The standard InChI is InChI=1S/C13H20N2O3S/c1-3-10(8-9-16)14-13(17)15-11-4-6-12(7-5-11)19(2)18/h4-7,10,16H,3,8-9H2,1-2H3,(H2,14,15,17). The number of benzene rings is 1. The van der Waals surface area contributed by atoms with E-state index in [9.17, 15) is 9.00 Å². The molecule has 0 bridgehead atoms. The summed E-state index contributed by atoms with van der Waals surface area (Å²) in [6.45, 7) is 2.00. The Labute approximate surface area is 115 Å². The molecule has 0 aliphatic carbocycles. The van der Waals surface area contributed by atoms with Gasteiger partial charge in [0.05, 0.1) is 0 Å². The van der Waals surface area contributed by atoms with Gasteiger partial charge in [-0.2, -0.15) is 0 Å². The Balaban J connectivity index is 2.54. The SMILES string of the molecule is CCC(CCO)NC(=O)Nc1ccc(S(C)=O)cc1. The molecule has 3 N–H and O–H groups in total. The van der Waals surface area contributed by atoms with E-state index in [4.69, 9.17) is 5.11 Å². The van der Waals surface area contributed by atoms with Crippen LogP contribution in [0.4, 0.5) is 10.5 Å². The number of carbonyl (C=O) groups excluding carboxylic acids is 1. The molecular weight excluding hydrogens is 264 g/mol. The Hall–Kier alpha value is -1.40. The van der Waals surface area contributed by atoms with Crippen LogP contribution in [-0.2, 0) is 10.8 Å². The highest BCUT2D eigenvalue weighted by atomic mass is 32.2. The summed E-state index contributed by atoms with van der Waals surface area (Å²) in [6, 6.07) is 6.53. The largest absolute Gasteiger partial charge is 0.396 e. The van der Waals surface area contributed by atoms with Gasteiger partial charge in [-0.15, -0.1) is 0 Å². The molecule has 0 aliphatic heterocycles. The van der Waals surface area contributed by atoms with Gasteiger partial charge in [0.2, 0.25) is 0 Å². The number of urea groups is 1. The quantitative estimate of drug-likeness (QED) is 0.744. The third-order valence-electron chi connectivity index (χ3n) is 2.75. The summed E-state index contributed by atoms with van der Waals surface area (Å²) in [5.74, 6) is 0. The summed E-state index contributed by atoms with van der Waals surface area (Å²) < 4.78 is 11.2. The molecule has 1 aromatic carbocycles. The minimum Gasteiger partial charge on any atom is -0.396 e. The molecule has 0 fully saturated rings. The van der Waals surface area contributed by atoms with Gasteiger partial charge in [-0.3, -0.25) is 4.21 Å². The van der Waals surface area contributed by atoms with Gasteiger partial charge in [-0.25, -0.2) is 4.79 Å². The fourth-order valence-corrected chi connectivity index (χ4v) is 2.14. The number of aliphatic hydroxyl groups excluding tert-OH is 1. The van der Waals surface area contributed by atoms with Crippen LogP contribution in [0.25, 0.3) is 0 Å². The number of hydrogen-bond acceptors (Lipinski definition) is 3. The molecule has 0 spiro atoms. The Kier molecular flexibility index (Phi) is 6.52. The number of carbonyl (C=O) groups is 1. The maximum Gasteiger partial charge on any atom is 0.319 e. The molecule has 6 heteroatoms. The summed E-state index contributed by atoms with van der Waals surface area (Å²) in [4.78, 5) is 12.4. The second kappa shape index (κ2) is 7.91. The molecule has 0 saturated heterocycles. The van der Waals surface area contributed by atoms with Gasteiger partial charge < -0.3 is 15.7 Å². The van der Waals surface area contributed by atoms with E-state index >= 15 is 0 Å². The van der Waals surface area contributed by atoms with E-state index in [0.29, 0.717) is 12.1 Å². The lowest BCUT2D eigenvalue weighted by molar-refractivity contribution is 0.237. The molecular formula is C13H20N2O3S. The molecule has 2 atom stereocenters. The number of amides is 2. The zero-order chi connectivity index (χ0) is 14.3. The highest BCUT2D eigenvalue weighted by Gasteiger charge is 2.09. The second-order valence-corrected chi connectivity index (χ2v) is 5.57. The van der Waals surface area contributed by atoms with Crippen LogP contribution in [0.5, 0.6) is 0 Å². The average molecular weight is 284 g/mol. The smallest absolute Gasteiger partial charge is 0.319 e. The van der Waals surface area contributed by atoms with E-state index in [0.717, 1.165) is 11.3 Å². The van der Waals surface area contributed by atoms with Gasteiger partial charge >= 0.3 is 6.03 Å². The molecule has 2 unspecified atom stereocenters. The van der Waals surface area contributed by atoms with E-state index in [1.54, 1.807) is 30.5 Å². The number of anilines is 1. The first kappa shape index (κ1) is 15.7. The lowest BCUT2D eigenvalue weighted by atomic mass is 10.2. The van der Waals surface area contributed by atoms with Crippen molar-refractivity contribution < 1.29 is 14.1 Å². The normalized spacial score (nSPS) is 13.6. The molecule has 19 heavy (non-hydrogen) atoms. The van der Waals surface area contributed by atoms with Crippen LogP contribution in [0.2, 0.25) is 0 Å². The molecule has 2 amide bonds. The van der Waals surface area contributed by atoms with Crippen molar-refractivity contribution in [3.63, 3.8) is 0 Å². The van der Waals surface area contributed by atoms with Crippen molar-refractivity contribution >= 4 is 22.5 Å². The van der Waals surface area contributed by atoms with Gasteiger partial charge in [0.25, 0.3) is 0 Å². The Morgan fingerprint density at radius 1 is 1.37 bits per heavy atom. The summed E-state index contributed by atoms with van der Waals surface area (Å²) >= 11 is 0.